The third kappa shape index (κ3) is 4.01. The molecule has 0 bridgehead atoms. The van der Waals surface area contributed by atoms with E-state index in [0.29, 0.717) is 34.3 Å². The van der Waals surface area contributed by atoms with E-state index in [1.807, 2.05) is 44.2 Å². The zero-order valence-corrected chi connectivity index (χ0v) is 21.1. The molecule has 2 aromatic heterocycles. The van der Waals surface area contributed by atoms with Crippen LogP contribution in [0.2, 0.25) is 5.15 Å². The predicted octanol–water partition coefficient (Wildman–Crippen LogP) is 5.39. The number of aromatic nitrogens is 1. The first-order valence-corrected chi connectivity index (χ1v) is 12.6. The third-order valence-electron chi connectivity index (χ3n) is 7.16. The molecule has 6 rings (SSSR count). The number of fused-ring (bicyclic) bond motifs is 2. The quantitative estimate of drug-likeness (QED) is 0.282. The average molecular weight is 501 g/mol. The summed E-state index contributed by atoms with van der Waals surface area (Å²) in [5, 5.41) is 14.6. The molecule has 1 fully saturated rings. The fraction of sp³-hybridized carbons (Fsp3) is 0.286. The number of nitrogens with zero attached hydrogens (tertiary/aromatic N) is 1. The molecule has 4 aromatic rings. The molecule has 36 heavy (non-hydrogen) atoms. The summed E-state index contributed by atoms with van der Waals surface area (Å²) in [6.07, 6.45) is 2.12. The standard InChI is InChI=1S/C28H26BClN2O4/c1-14-10-20(28-21(11-14)26(33)15(2)27(36-28)17-4-5-17)16(3)31-23-8-9-24(30)32-25(23)18-6-7-22-19(12-18)13-35-29(22)34/h6-12,16-17,31,34H,4-5,13H2,1-3H3/t16-/m1/s1. The van der Waals surface area contributed by atoms with Crippen LogP contribution >= 0.6 is 11.6 Å². The van der Waals surface area contributed by atoms with Crippen LogP contribution in [0.5, 0.6) is 0 Å². The van der Waals surface area contributed by atoms with Crippen LogP contribution in [0.4, 0.5) is 5.69 Å². The van der Waals surface area contributed by atoms with Crippen LogP contribution in [0.25, 0.3) is 22.2 Å². The SMILES string of the molecule is Cc1cc([C@@H](C)Nc2ccc(Cl)nc2-c2ccc3c(c2)COB3O)c2oc(C3CC3)c(C)c(=O)c2c1. The Kier molecular flexibility index (Phi) is 5.67. The van der Waals surface area contributed by atoms with Gasteiger partial charge in [-0.25, -0.2) is 4.98 Å². The van der Waals surface area contributed by atoms with E-state index < -0.39 is 7.12 Å². The number of nitrogens with one attached hydrogen (secondary N) is 1. The van der Waals surface area contributed by atoms with Crippen molar-refractivity contribution < 1.29 is 14.1 Å². The van der Waals surface area contributed by atoms with E-state index in [1.54, 1.807) is 6.07 Å². The number of rotatable bonds is 5. The van der Waals surface area contributed by atoms with Crippen molar-refractivity contribution in [2.24, 2.45) is 0 Å². The second-order valence-corrected chi connectivity index (χ2v) is 10.3. The summed E-state index contributed by atoms with van der Waals surface area (Å²) in [7, 11) is -0.896. The topological polar surface area (TPSA) is 84.6 Å². The molecule has 0 spiro atoms. The molecular formula is C28H26BClN2O4. The summed E-state index contributed by atoms with van der Waals surface area (Å²) < 4.78 is 11.8. The first kappa shape index (κ1) is 23.3. The van der Waals surface area contributed by atoms with Crippen LogP contribution in [-0.2, 0) is 11.3 Å². The van der Waals surface area contributed by atoms with E-state index in [1.165, 1.54) is 0 Å². The summed E-state index contributed by atoms with van der Waals surface area (Å²) in [5.41, 5.74) is 7.41. The number of hydrogen-bond acceptors (Lipinski definition) is 6. The highest BCUT2D eigenvalue weighted by atomic mass is 35.5. The molecule has 2 aromatic carbocycles. The lowest BCUT2D eigenvalue weighted by Gasteiger charge is -2.20. The van der Waals surface area contributed by atoms with Gasteiger partial charge in [-0.15, -0.1) is 0 Å². The number of anilines is 1. The Hall–Kier alpha value is -3.13. The number of pyridine rings is 1. The van der Waals surface area contributed by atoms with E-state index in [-0.39, 0.29) is 11.5 Å². The van der Waals surface area contributed by atoms with Crippen LogP contribution in [0.3, 0.4) is 0 Å². The maximum atomic E-state index is 13.2. The summed E-state index contributed by atoms with van der Waals surface area (Å²) in [6, 6.07) is 13.2. The van der Waals surface area contributed by atoms with Crippen LogP contribution in [0.1, 0.15) is 59.7 Å². The lowest BCUT2D eigenvalue weighted by molar-refractivity contribution is 0.275. The molecule has 0 amide bonds. The minimum Gasteiger partial charge on any atom is -0.460 e. The Labute approximate surface area is 214 Å². The van der Waals surface area contributed by atoms with Gasteiger partial charge in [-0.05, 0) is 74.5 Å². The molecule has 1 aliphatic carbocycles. The Morgan fingerprint density at radius 3 is 2.75 bits per heavy atom. The Morgan fingerprint density at radius 1 is 1.17 bits per heavy atom. The second kappa shape index (κ2) is 8.77. The Bertz CT molecular complexity index is 1580. The molecule has 2 aliphatic rings. The summed E-state index contributed by atoms with van der Waals surface area (Å²) in [6.45, 7) is 6.27. The molecular weight excluding hydrogens is 475 g/mol. The molecule has 3 heterocycles. The van der Waals surface area contributed by atoms with E-state index >= 15 is 0 Å². The number of hydrogen-bond donors (Lipinski definition) is 2. The lowest BCUT2D eigenvalue weighted by atomic mass is 9.79. The van der Waals surface area contributed by atoms with Gasteiger partial charge >= 0.3 is 7.12 Å². The molecule has 8 heteroatoms. The van der Waals surface area contributed by atoms with Gasteiger partial charge in [-0.1, -0.05) is 29.8 Å². The van der Waals surface area contributed by atoms with E-state index in [0.717, 1.165) is 57.6 Å². The fourth-order valence-electron chi connectivity index (χ4n) is 5.10. The zero-order chi connectivity index (χ0) is 25.1. The maximum Gasteiger partial charge on any atom is 0.491 e. The molecule has 0 radical (unpaired) electrons. The van der Waals surface area contributed by atoms with Gasteiger partial charge in [0.15, 0.2) is 5.43 Å². The summed E-state index contributed by atoms with van der Waals surface area (Å²) >= 11 is 6.29. The molecule has 182 valence electrons. The number of aryl methyl sites for hydroxylation is 1. The zero-order valence-electron chi connectivity index (χ0n) is 20.4. The minimum atomic E-state index is -0.896. The van der Waals surface area contributed by atoms with Crippen molar-refractivity contribution in [2.75, 3.05) is 5.32 Å². The molecule has 1 aliphatic heterocycles. The molecule has 1 atom stereocenters. The average Bonchev–Trinajstić information content (AvgIpc) is 3.64. The predicted molar refractivity (Wildman–Crippen MR) is 143 cm³/mol. The van der Waals surface area contributed by atoms with Crippen molar-refractivity contribution in [1.82, 2.24) is 4.98 Å². The summed E-state index contributed by atoms with van der Waals surface area (Å²) in [5.74, 6) is 1.16. The first-order valence-electron chi connectivity index (χ1n) is 12.2. The highest BCUT2D eigenvalue weighted by molar-refractivity contribution is 6.61. The number of benzene rings is 2. The highest BCUT2D eigenvalue weighted by Crippen LogP contribution is 2.42. The van der Waals surface area contributed by atoms with Gasteiger partial charge in [0.05, 0.1) is 29.4 Å². The molecule has 6 nitrogen and oxygen atoms in total. The molecule has 0 unspecified atom stereocenters. The molecule has 2 N–H and O–H groups in total. The van der Waals surface area contributed by atoms with E-state index in [2.05, 4.69) is 23.3 Å². The van der Waals surface area contributed by atoms with Crippen LogP contribution in [-0.4, -0.2) is 17.1 Å². The largest absolute Gasteiger partial charge is 0.491 e. The third-order valence-corrected chi connectivity index (χ3v) is 7.37. The smallest absolute Gasteiger partial charge is 0.460 e. The van der Waals surface area contributed by atoms with Crippen molar-refractivity contribution >= 4 is 40.8 Å². The highest BCUT2D eigenvalue weighted by Gasteiger charge is 2.31. The van der Waals surface area contributed by atoms with Gasteiger partial charge in [0.1, 0.15) is 16.5 Å². The number of halogens is 1. The van der Waals surface area contributed by atoms with Gasteiger partial charge in [0.25, 0.3) is 0 Å². The maximum absolute atomic E-state index is 13.2. The summed E-state index contributed by atoms with van der Waals surface area (Å²) in [4.78, 5) is 17.8. The second-order valence-electron chi connectivity index (χ2n) is 9.90. The monoisotopic (exact) mass is 500 g/mol. The Balaban J connectivity index is 1.42. The van der Waals surface area contributed by atoms with Crippen molar-refractivity contribution in [3.63, 3.8) is 0 Å². The van der Waals surface area contributed by atoms with Crippen molar-refractivity contribution in [1.29, 1.82) is 0 Å². The van der Waals surface area contributed by atoms with Crippen LogP contribution in [0.15, 0.2) is 51.7 Å². The normalized spacial score (nSPS) is 15.9. The lowest BCUT2D eigenvalue weighted by Crippen LogP contribution is -2.27. The van der Waals surface area contributed by atoms with Gasteiger partial charge in [0, 0.05) is 22.6 Å². The molecule has 0 saturated heterocycles. The van der Waals surface area contributed by atoms with E-state index in [4.69, 9.17) is 20.7 Å². The van der Waals surface area contributed by atoms with Gasteiger partial charge in [-0.2, -0.15) is 0 Å². The van der Waals surface area contributed by atoms with Crippen LogP contribution < -0.4 is 16.2 Å². The molecule has 1 saturated carbocycles. The fourth-order valence-corrected chi connectivity index (χ4v) is 5.25. The van der Waals surface area contributed by atoms with Crippen molar-refractivity contribution in [2.45, 2.75) is 52.2 Å². The van der Waals surface area contributed by atoms with E-state index in [9.17, 15) is 9.82 Å². The van der Waals surface area contributed by atoms with Crippen molar-refractivity contribution in [3.05, 3.63) is 85.9 Å². The van der Waals surface area contributed by atoms with Gasteiger partial charge in [0.2, 0.25) is 0 Å². The first-order chi connectivity index (χ1) is 17.3. The Morgan fingerprint density at radius 2 is 1.97 bits per heavy atom. The van der Waals surface area contributed by atoms with Gasteiger partial charge < -0.3 is 19.4 Å². The minimum absolute atomic E-state index is 0.0479. The van der Waals surface area contributed by atoms with Crippen LogP contribution in [0, 0.1) is 13.8 Å². The van der Waals surface area contributed by atoms with Gasteiger partial charge in [-0.3, -0.25) is 4.79 Å². The van der Waals surface area contributed by atoms with Crippen molar-refractivity contribution in [3.8, 4) is 11.3 Å².